The fourth-order valence-electron chi connectivity index (χ4n) is 2.82. The van der Waals surface area contributed by atoms with E-state index in [1.807, 2.05) is 0 Å². The first kappa shape index (κ1) is 27.6. The first-order chi connectivity index (χ1) is 11.2. The maximum Gasteiger partial charge on any atom is 0.303 e. The van der Waals surface area contributed by atoms with E-state index in [4.69, 9.17) is 14.8 Å². The number of carboxylic acids is 1. The third kappa shape index (κ3) is 16.3. The molecule has 1 radical (unpaired) electrons. The fourth-order valence-corrected chi connectivity index (χ4v) is 2.82. The molecule has 0 bridgehead atoms. The molecule has 1 rings (SSSR count). The van der Waals surface area contributed by atoms with Gasteiger partial charge in [-0.25, -0.2) is 0 Å². The third-order valence-electron chi connectivity index (χ3n) is 4.21. The van der Waals surface area contributed by atoms with Crippen molar-refractivity contribution in [3.8, 4) is 0 Å². The van der Waals surface area contributed by atoms with E-state index in [-0.39, 0.29) is 51.4 Å². The third-order valence-corrected chi connectivity index (χ3v) is 4.21. The minimum atomic E-state index is -0.793. The normalized spacial score (nSPS) is 15.4. The van der Waals surface area contributed by atoms with E-state index in [1.54, 1.807) is 0 Å². The molecule has 4 N–H and O–H groups in total. The number of nitrogens with zero attached hydrogens (tertiary/aromatic N) is 2. The van der Waals surface area contributed by atoms with Gasteiger partial charge in [-0.1, -0.05) is 32.6 Å². The Morgan fingerprint density at radius 1 is 1.16 bits per heavy atom. The van der Waals surface area contributed by atoms with Crippen LogP contribution in [0, 0.1) is 0 Å². The molecule has 147 valence electrons. The van der Waals surface area contributed by atoms with Crippen LogP contribution in [-0.2, 0) is 47.2 Å². The topological polar surface area (TPSA) is 108 Å². The number of aliphatic carboxylic acids is 1. The van der Waals surface area contributed by atoms with Crippen LogP contribution in [0.2, 0.25) is 0 Å². The second-order valence-corrected chi connectivity index (χ2v) is 6.32. The first-order valence-corrected chi connectivity index (χ1v) is 9.14. The molecule has 1 aliphatic heterocycles. The van der Waals surface area contributed by atoms with Crippen molar-refractivity contribution >= 4 is 5.97 Å². The van der Waals surface area contributed by atoms with Crippen LogP contribution in [0.15, 0.2) is 0 Å². The molecule has 0 amide bonds. The Balaban J connectivity index is 0. The van der Waals surface area contributed by atoms with Gasteiger partial charge in [0, 0.05) is 58.4 Å². The molecule has 1 fully saturated rings. The number of likely N-dealkylation sites (tertiary alicyclic amines) is 1. The van der Waals surface area contributed by atoms with Gasteiger partial charge in [-0.2, -0.15) is 0 Å². The van der Waals surface area contributed by atoms with Crippen molar-refractivity contribution in [2.75, 3.05) is 26.2 Å². The van der Waals surface area contributed by atoms with E-state index in [2.05, 4.69) is 17.5 Å². The van der Waals surface area contributed by atoms with E-state index in [1.165, 1.54) is 38.8 Å². The van der Waals surface area contributed by atoms with Crippen LogP contribution >= 0.6 is 0 Å². The molecule has 0 aliphatic carbocycles. The first-order valence-electron chi connectivity index (χ1n) is 9.14. The maximum atomic E-state index is 10.7. The summed E-state index contributed by atoms with van der Waals surface area (Å²) < 4.78 is 0. The molecule has 8 heteroatoms. The summed E-state index contributed by atoms with van der Waals surface area (Å²) in [4.78, 5) is 23.7. The molecule has 1 unspecified atom stereocenters. The van der Waals surface area contributed by atoms with Gasteiger partial charge in [0.1, 0.15) is 0 Å². The van der Waals surface area contributed by atoms with Crippen molar-refractivity contribution in [1.82, 2.24) is 11.1 Å². The molecule has 0 saturated carbocycles. The van der Waals surface area contributed by atoms with Gasteiger partial charge >= 0.3 is 5.97 Å². The molecule has 1 atom stereocenters. The standard InChI is InChI=1S/C17H33N2O4.H3N.Y/c1-2-3-4-5-9-16(10-11-17(20)21)23-18-22-15-8-14-19-12-6-7-13-19;;/h16H,2-15H2,1H3,(H,20,21);1H3;/q-1;;. The van der Waals surface area contributed by atoms with Crippen LogP contribution in [-0.4, -0.2) is 48.3 Å². The van der Waals surface area contributed by atoms with Gasteiger partial charge in [0.05, 0.1) is 0 Å². The average Bonchev–Trinajstić information content (AvgIpc) is 3.04. The summed E-state index contributed by atoms with van der Waals surface area (Å²) in [5, 5.41) is 8.80. The minimum absolute atomic E-state index is 0. The van der Waals surface area contributed by atoms with E-state index in [0.717, 1.165) is 32.2 Å². The van der Waals surface area contributed by atoms with Crippen LogP contribution in [0.4, 0.5) is 0 Å². The Kier molecular flexibility index (Phi) is 21.1. The van der Waals surface area contributed by atoms with Gasteiger partial charge in [0.2, 0.25) is 0 Å². The van der Waals surface area contributed by atoms with Crippen LogP contribution in [0.1, 0.15) is 71.1 Å². The fraction of sp³-hybridized carbons (Fsp3) is 0.941. The molecule has 0 spiro atoms. The maximum absolute atomic E-state index is 10.7. The summed E-state index contributed by atoms with van der Waals surface area (Å²) in [6.45, 7) is 6.17. The minimum Gasteiger partial charge on any atom is -0.481 e. The zero-order valence-corrected chi connectivity index (χ0v) is 18.7. The van der Waals surface area contributed by atoms with Crippen molar-refractivity contribution in [2.24, 2.45) is 0 Å². The second-order valence-electron chi connectivity index (χ2n) is 6.32. The number of hydrogen-bond donors (Lipinski definition) is 2. The molecular formula is C17H36N3O4Y-. The SMILES string of the molecule is CCCCCCC(CCC(=O)O)O[N-]OCCCN1CCCC1.N.[Y]. The van der Waals surface area contributed by atoms with E-state index in [9.17, 15) is 4.79 Å². The second kappa shape index (κ2) is 19.1. The van der Waals surface area contributed by atoms with Crippen molar-refractivity contribution in [3.63, 3.8) is 0 Å². The van der Waals surface area contributed by atoms with Crippen LogP contribution in [0.25, 0.3) is 5.64 Å². The Labute approximate surface area is 177 Å². The van der Waals surface area contributed by atoms with Gasteiger partial charge in [0.25, 0.3) is 0 Å². The van der Waals surface area contributed by atoms with Gasteiger partial charge < -0.3 is 31.5 Å². The predicted molar refractivity (Wildman–Crippen MR) is 95.1 cm³/mol. The number of unbranched alkanes of at least 4 members (excludes halogenated alkanes) is 3. The van der Waals surface area contributed by atoms with E-state index < -0.39 is 5.97 Å². The van der Waals surface area contributed by atoms with Crippen LogP contribution < -0.4 is 6.15 Å². The van der Waals surface area contributed by atoms with Gasteiger partial charge in [-0.15, -0.1) is 0 Å². The van der Waals surface area contributed by atoms with E-state index >= 15 is 0 Å². The molecule has 1 aliphatic rings. The number of carboxylic acid groups (broad SMARTS) is 1. The Hall–Kier alpha value is 0.374. The molecule has 0 aromatic carbocycles. The molecule has 25 heavy (non-hydrogen) atoms. The number of hydrogen-bond acceptors (Lipinski definition) is 5. The summed E-state index contributed by atoms with van der Waals surface area (Å²) >= 11 is 0. The average molecular weight is 435 g/mol. The predicted octanol–water partition coefficient (Wildman–Crippen LogP) is 4.07. The molecule has 0 aromatic heterocycles. The summed E-state index contributed by atoms with van der Waals surface area (Å²) in [5.74, 6) is -0.793. The molecule has 1 heterocycles. The van der Waals surface area contributed by atoms with Crippen molar-refractivity contribution in [2.45, 2.75) is 77.2 Å². The van der Waals surface area contributed by atoms with Gasteiger partial charge in [0.15, 0.2) is 0 Å². The molecule has 0 aromatic rings. The Bertz CT molecular complexity index is 306. The molecular weight excluding hydrogens is 399 g/mol. The summed E-state index contributed by atoms with van der Waals surface area (Å²) in [6.07, 6.45) is 9.43. The Morgan fingerprint density at radius 2 is 1.88 bits per heavy atom. The van der Waals surface area contributed by atoms with E-state index in [0.29, 0.717) is 13.0 Å². The zero-order valence-electron chi connectivity index (χ0n) is 15.8. The van der Waals surface area contributed by atoms with Crippen molar-refractivity contribution in [1.29, 1.82) is 0 Å². The van der Waals surface area contributed by atoms with Crippen molar-refractivity contribution < 1.29 is 52.3 Å². The summed E-state index contributed by atoms with van der Waals surface area (Å²) in [6, 6.07) is 0. The van der Waals surface area contributed by atoms with Crippen LogP contribution in [0.3, 0.4) is 0 Å². The Morgan fingerprint density at radius 3 is 2.52 bits per heavy atom. The van der Waals surface area contributed by atoms with Crippen LogP contribution in [0.5, 0.6) is 0 Å². The molecule has 1 saturated heterocycles. The number of carbonyl (C=O) groups is 1. The zero-order chi connectivity index (χ0) is 16.8. The quantitative estimate of drug-likeness (QED) is 0.297. The number of rotatable bonds is 15. The van der Waals surface area contributed by atoms with Gasteiger partial charge in [-0.3, -0.25) is 4.79 Å². The summed E-state index contributed by atoms with van der Waals surface area (Å²) in [5.41, 5.74) is 3.70. The monoisotopic (exact) mass is 435 g/mol. The molecule has 7 nitrogen and oxygen atoms in total. The van der Waals surface area contributed by atoms with Gasteiger partial charge in [-0.05, 0) is 45.2 Å². The largest absolute Gasteiger partial charge is 0.481 e. The summed E-state index contributed by atoms with van der Waals surface area (Å²) in [7, 11) is 0. The van der Waals surface area contributed by atoms with Crippen molar-refractivity contribution in [3.05, 3.63) is 5.64 Å². The smallest absolute Gasteiger partial charge is 0.303 e.